The minimum Gasteiger partial charge on any atom is -0.478 e. The summed E-state index contributed by atoms with van der Waals surface area (Å²) in [5, 5.41) is 6.49. The predicted molar refractivity (Wildman–Crippen MR) is 138 cm³/mol. The van der Waals surface area contributed by atoms with Crippen molar-refractivity contribution in [1.29, 1.82) is 0 Å². The molecule has 0 saturated heterocycles. The molecule has 0 amide bonds. The normalized spacial score (nSPS) is 13.2. The lowest BCUT2D eigenvalue weighted by molar-refractivity contribution is -0.137. The molecule has 0 spiro atoms. The molecular weight excluding hydrogens is 455 g/mol. The Hall–Kier alpha value is -3.33. The van der Waals surface area contributed by atoms with Crippen molar-refractivity contribution in [3.8, 4) is 0 Å². The van der Waals surface area contributed by atoms with Gasteiger partial charge in [-0.1, -0.05) is 57.2 Å². The average Bonchev–Trinajstić information content (AvgIpc) is 2.85. The molecule has 8 N–H and O–H groups in total. The van der Waals surface area contributed by atoms with E-state index in [9.17, 15) is 13.2 Å². The Morgan fingerprint density at radius 2 is 1.69 bits per heavy atom. The zero-order valence-corrected chi connectivity index (χ0v) is 20.9. The molecule has 0 aliphatic rings. The average molecular weight is 494 g/mol. The largest absolute Gasteiger partial charge is 0.478 e. The highest BCUT2D eigenvalue weighted by atomic mass is 19.4. The second-order valence-corrected chi connectivity index (χ2v) is 7.44. The van der Waals surface area contributed by atoms with Gasteiger partial charge in [0.15, 0.2) is 5.88 Å². The van der Waals surface area contributed by atoms with Gasteiger partial charge in [-0.05, 0) is 42.7 Å². The van der Waals surface area contributed by atoms with Crippen LogP contribution in [-0.4, -0.2) is 19.7 Å². The molecule has 2 aromatic rings. The van der Waals surface area contributed by atoms with E-state index in [0.717, 1.165) is 30.3 Å². The van der Waals surface area contributed by atoms with Crippen LogP contribution in [0.25, 0.3) is 5.57 Å². The van der Waals surface area contributed by atoms with E-state index in [2.05, 4.69) is 17.6 Å². The van der Waals surface area contributed by atoms with Crippen LogP contribution in [0.2, 0.25) is 0 Å². The van der Waals surface area contributed by atoms with Crippen molar-refractivity contribution >= 4 is 11.3 Å². The van der Waals surface area contributed by atoms with Gasteiger partial charge in [-0.2, -0.15) is 13.2 Å². The highest BCUT2D eigenvalue weighted by Gasteiger charge is 2.34. The summed E-state index contributed by atoms with van der Waals surface area (Å²) in [5.74, 6) is -0.0568. The fourth-order valence-electron chi connectivity index (χ4n) is 3.31. The van der Waals surface area contributed by atoms with Crippen LogP contribution in [0.3, 0.4) is 0 Å². The Labute approximate surface area is 206 Å². The van der Waals surface area contributed by atoms with Crippen molar-refractivity contribution in [2.24, 2.45) is 17.2 Å². The standard InChI is InChI=1S/C24H32F3N5O.C2H6/c1-3-13-31-21-11-7-5-8-17(21)16(2)32-22(29)15-19(23(30)33-14-12-28)18-9-4-6-10-20(18)24(25,26)27;1-2/h4-11,15-16,31-32H,3,12-14,28-30H2,1-2H3;1-2H3/b22-15+,23-19-;. The van der Waals surface area contributed by atoms with E-state index >= 15 is 0 Å². The minimum absolute atomic E-state index is 0.0194. The van der Waals surface area contributed by atoms with Crippen LogP contribution in [-0.2, 0) is 10.9 Å². The Morgan fingerprint density at radius 1 is 1.06 bits per heavy atom. The zero-order valence-electron chi connectivity index (χ0n) is 20.9. The van der Waals surface area contributed by atoms with Crippen molar-refractivity contribution in [2.75, 3.05) is 25.0 Å². The number of hydrogen-bond acceptors (Lipinski definition) is 6. The number of hydrogen-bond donors (Lipinski definition) is 5. The monoisotopic (exact) mass is 493 g/mol. The maximum absolute atomic E-state index is 13.6. The molecule has 0 bridgehead atoms. The van der Waals surface area contributed by atoms with Gasteiger partial charge >= 0.3 is 6.18 Å². The smallest absolute Gasteiger partial charge is 0.417 e. The number of allylic oxidation sites excluding steroid dienone is 2. The van der Waals surface area contributed by atoms with E-state index in [1.165, 1.54) is 24.3 Å². The van der Waals surface area contributed by atoms with Gasteiger partial charge in [0.1, 0.15) is 6.61 Å². The molecule has 0 heterocycles. The van der Waals surface area contributed by atoms with Crippen LogP contribution in [0.1, 0.15) is 56.8 Å². The summed E-state index contributed by atoms with van der Waals surface area (Å²) in [4.78, 5) is 0. The van der Waals surface area contributed by atoms with Gasteiger partial charge in [-0.15, -0.1) is 0 Å². The van der Waals surface area contributed by atoms with Crippen LogP contribution < -0.4 is 27.8 Å². The van der Waals surface area contributed by atoms with E-state index in [4.69, 9.17) is 21.9 Å². The van der Waals surface area contributed by atoms with E-state index < -0.39 is 11.7 Å². The summed E-state index contributed by atoms with van der Waals surface area (Å²) in [5.41, 5.74) is 18.6. The number of nitrogens with two attached hydrogens (primary N) is 3. The Kier molecular flexibility index (Phi) is 12.6. The second-order valence-electron chi connectivity index (χ2n) is 7.44. The quantitative estimate of drug-likeness (QED) is 0.214. The van der Waals surface area contributed by atoms with Crippen LogP contribution in [0.5, 0.6) is 0 Å². The molecule has 0 fully saturated rings. The number of anilines is 1. The lowest BCUT2D eigenvalue weighted by Gasteiger charge is -2.21. The molecule has 0 aliphatic heterocycles. The van der Waals surface area contributed by atoms with E-state index in [1.54, 1.807) is 0 Å². The predicted octanol–water partition coefficient (Wildman–Crippen LogP) is 5.31. The maximum atomic E-state index is 13.6. The summed E-state index contributed by atoms with van der Waals surface area (Å²) in [6, 6.07) is 12.7. The van der Waals surface area contributed by atoms with Crippen molar-refractivity contribution in [3.05, 3.63) is 83.0 Å². The topological polar surface area (TPSA) is 111 Å². The summed E-state index contributed by atoms with van der Waals surface area (Å²) in [7, 11) is 0. The van der Waals surface area contributed by atoms with Crippen LogP contribution in [0.15, 0.2) is 66.3 Å². The van der Waals surface area contributed by atoms with Gasteiger partial charge in [0.05, 0.1) is 17.4 Å². The van der Waals surface area contributed by atoms with Crippen LogP contribution >= 0.6 is 0 Å². The third-order valence-corrected chi connectivity index (χ3v) is 4.84. The molecule has 0 saturated carbocycles. The number of benzene rings is 2. The maximum Gasteiger partial charge on any atom is 0.417 e. The Bertz CT molecular complexity index is 973. The molecule has 1 unspecified atom stereocenters. The zero-order chi connectivity index (χ0) is 26.4. The molecular formula is C26H38F3N5O. The molecule has 9 heteroatoms. The number of rotatable bonds is 11. The first-order valence-electron chi connectivity index (χ1n) is 11.7. The fraction of sp³-hybridized carbons (Fsp3) is 0.385. The summed E-state index contributed by atoms with van der Waals surface area (Å²) in [6.07, 6.45) is -2.26. The molecule has 0 aromatic heterocycles. The van der Waals surface area contributed by atoms with Crippen molar-refractivity contribution in [3.63, 3.8) is 0 Å². The Morgan fingerprint density at radius 3 is 2.31 bits per heavy atom. The van der Waals surface area contributed by atoms with E-state index in [-0.39, 0.29) is 42.0 Å². The molecule has 194 valence electrons. The lowest BCUT2D eigenvalue weighted by atomic mass is 9.98. The second kappa shape index (κ2) is 14.8. The van der Waals surface area contributed by atoms with Crippen molar-refractivity contribution in [1.82, 2.24) is 5.32 Å². The minimum atomic E-state index is -4.58. The molecule has 2 rings (SSSR count). The number of alkyl halides is 3. The summed E-state index contributed by atoms with van der Waals surface area (Å²) in [6.45, 7) is 9.00. The molecule has 2 aromatic carbocycles. The van der Waals surface area contributed by atoms with Gasteiger partial charge in [0.25, 0.3) is 0 Å². The first-order chi connectivity index (χ1) is 16.7. The molecule has 0 radical (unpaired) electrons. The van der Waals surface area contributed by atoms with E-state index in [0.29, 0.717) is 0 Å². The van der Waals surface area contributed by atoms with Crippen LogP contribution in [0, 0.1) is 0 Å². The van der Waals surface area contributed by atoms with Gasteiger partial charge in [-0.3, -0.25) is 0 Å². The highest BCUT2D eigenvalue weighted by molar-refractivity contribution is 5.78. The SMILES string of the molecule is CC.CCCNc1ccccc1C(C)N/C(N)=C/C(=C(\N)OCCN)c1ccccc1C(F)(F)F. The summed E-state index contributed by atoms with van der Waals surface area (Å²) >= 11 is 0. The summed E-state index contributed by atoms with van der Waals surface area (Å²) < 4.78 is 46.3. The molecule has 6 nitrogen and oxygen atoms in total. The van der Waals surface area contributed by atoms with Gasteiger partial charge in [-0.25, -0.2) is 0 Å². The number of nitrogens with one attached hydrogen (secondary N) is 2. The number of para-hydroxylation sites is 1. The first kappa shape index (κ1) is 29.7. The third kappa shape index (κ3) is 9.09. The van der Waals surface area contributed by atoms with E-state index in [1.807, 2.05) is 45.0 Å². The highest BCUT2D eigenvalue weighted by Crippen LogP contribution is 2.36. The first-order valence-corrected chi connectivity index (χ1v) is 11.7. The van der Waals surface area contributed by atoms with Gasteiger partial charge in [0, 0.05) is 24.4 Å². The lowest BCUT2D eigenvalue weighted by Crippen LogP contribution is -2.25. The molecule has 35 heavy (non-hydrogen) atoms. The molecule has 0 aliphatic carbocycles. The van der Waals surface area contributed by atoms with Gasteiger partial charge < -0.3 is 32.6 Å². The number of ether oxygens (including phenoxy) is 1. The van der Waals surface area contributed by atoms with Crippen LogP contribution in [0.4, 0.5) is 18.9 Å². The van der Waals surface area contributed by atoms with Gasteiger partial charge in [0.2, 0.25) is 0 Å². The third-order valence-electron chi connectivity index (χ3n) is 4.84. The van der Waals surface area contributed by atoms with Crippen molar-refractivity contribution < 1.29 is 17.9 Å². The number of halogens is 3. The Balaban J connectivity index is 0.00000298. The fourth-order valence-corrected chi connectivity index (χ4v) is 3.31. The molecule has 1 atom stereocenters. The van der Waals surface area contributed by atoms with Crippen molar-refractivity contribution in [2.45, 2.75) is 46.3 Å².